The third-order valence-electron chi connectivity index (χ3n) is 2.75. The second-order valence-electron chi connectivity index (χ2n) is 5.73. The number of carbonyl (C=O) groups excluding carboxylic acids is 1. The van der Waals surface area contributed by atoms with Crippen LogP contribution in [0.25, 0.3) is 0 Å². The third kappa shape index (κ3) is 6.59. The minimum absolute atomic E-state index is 0.0845. The normalized spacial score (nSPS) is 30.1. The number of rotatable bonds is 2. The fourth-order valence-corrected chi connectivity index (χ4v) is 1.98. The van der Waals surface area contributed by atoms with Gasteiger partial charge in [-0.15, -0.1) is 0 Å². The fraction of sp³-hybridized carbons (Fsp3) is 0.786. The van der Waals surface area contributed by atoms with Gasteiger partial charge in [-0.2, -0.15) is 0 Å². The Balaban J connectivity index is 2.67. The van der Waals surface area contributed by atoms with Crippen molar-refractivity contribution in [2.75, 3.05) is 7.11 Å². The average molecular weight is 272 g/mol. The van der Waals surface area contributed by atoms with Crippen LogP contribution in [-0.2, 0) is 14.2 Å². The Bertz CT molecular complexity index is 318. The molecule has 0 radical (unpaired) electrons. The number of aliphatic hydroxyl groups excluding tert-OH is 1. The van der Waals surface area contributed by atoms with Gasteiger partial charge in [-0.05, 0) is 39.7 Å². The van der Waals surface area contributed by atoms with Gasteiger partial charge in [0.2, 0.25) is 0 Å². The highest BCUT2D eigenvalue weighted by Gasteiger charge is 2.23. The van der Waals surface area contributed by atoms with E-state index in [2.05, 4.69) is 4.74 Å². The van der Waals surface area contributed by atoms with Crippen LogP contribution in [0.5, 0.6) is 0 Å². The number of carbonyl (C=O) groups is 1. The van der Waals surface area contributed by atoms with E-state index in [1.54, 1.807) is 6.08 Å². The van der Waals surface area contributed by atoms with Crippen molar-refractivity contribution >= 4 is 6.16 Å². The summed E-state index contributed by atoms with van der Waals surface area (Å²) in [5.74, 6) is 0. The molecule has 0 amide bonds. The lowest BCUT2D eigenvalue weighted by molar-refractivity contribution is -0.0497. The van der Waals surface area contributed by atoms with E-state index >= 15 is 0 Å². The second kappa shape index (κ2) is 6.91. The first-order chi connectivity index (χ1) is 8.80. The lowest BCUT2D eigenvalue weighted by atomic mass is 9.99. The molecule has 5 nitrogen and oxygen atoms in total. The largest absolute Gasteiger partial charge is 0.508 e. The van der Waals surface area contributed by atoms with Gasteiger partial charge in [0.15, 0.2) is 0 Å². The molecule has 0 aromatic heterocycles. The van der Waals surface area contributed by atoms with Crippen molar-refractivity contribution in [1.29, 1.82) is 0 Å². The van der Waals surface area contributed by atoms with Crippen LogP contribution in [0.2, 0.25) is 0 Å². The lowest BCUT2D eigenvalue weighted by Gasteiger charge is -2.28. The maximum Gasteiger partial charge on any atom is 0.508 e. The first-order valence-electron chi connectivity index (χ1n) is 6.59. The summed E-state index contributed by atoms with van der Waals surface area (Å²) >= 11 is 0. The minimum atomic E-state index is -0.740. The summed E-state index contributed by atoms with van der Waals surface area (Å²) in [5, 5.41) is 9.86. The molecule has 0 bridgehead atoms. The van der Waals surface area contributed by atoms with E-state index < -0.39 is 18.4 Å². The van der Waals surface area contributed by atoms with Crippen molar-refractivity contribution in [2.45, 2.75) is 63.9 Å². The second-order valence-corrected chi connectivity index (χ2v) is 5.73. The van der Waals surface area contributed by atoms with Crippen molar-refractivity contribution in [2.24, 2.45) is 0 Å². The molecule has 0 aromatic carbocycles. The molecule has 19 heavy (non-hydrogen) atoms. The number of hydrogen-bond donors (Lipinski definition) is 1. The Morgan fingerprint density at radius 1 is 1.21 bits per heavy atom. The van der Waals surface area contributed by atoms with Gasteiger partial charge in [0.05, 0.1) is 24.9 Å². The summed E-state index contributed by atoms with van der Waals surface area (Å²) in [5.41, 5.74) is -0.252. The van der Waals surface area contributed by atoms with E-state index in [-0.39, 0.29) is 11.7 Å². The molecule has 110 valence electrons. The van der Waals surface area contributed by atoms with Gasteiger partial charge in [0, 0.05) is 6.42 Å². The summed E-state index contributed by atoms with van der Waals surface area (Å²) in [6.07, 6.45) is 3.59. The monoisotopic (exact) mass is 272 g/mol. The first-order valence-corrected chi connectivity index (χ1v) is 6.59. The minimum Gasteiger partial charge on any atom is -0.438 e. The van der Waals surface area contributed by atoms with Crippen LogP contribution in [0.4, 0.5) is 4.79 Å². The Morgan fingerprint density at radius 2 is 1.84 bits per heavy atom. The molecule has 0 saturated heterocycles. The van der Waals surface area contributed by atoms with Gasteiger partial charge in [-0.25, -0.2) is 4.79 Å². The molecule has 1 aliphatic rings. The van der Waals surface area contributed by atoms with Gasteiger partial charge in [-0.1, -0.05) is 6.08 Å². The van der Waals surface area contributed by atoms with E-state index in [4.69, 9.17) is 9.47 Å². The zero-order valence-corrected chi connectivity index (χ0v) is 12.1. The highest BCUT2D eigenvalue weighted by atomic mass is 16.7. The Labute approximate surface area is 114 Å². The molecular weight excluding hydrogens is 248 g/mol. The van der Waals surface area contributed by atoms with Crippen LogP contribution >= 0.6 is 0 Å². The van der Waals surface area contributed by atoms with Crippen LogP contribution < -0.4 is 0 Å². The number of aliphatic hydroxyl groups is 1. The topological polar surface area (TPSA) is 65.0 Å². The number of methoxy groups -OCH3 is 1. The summed E-state index contributed by atoms with van der Waals surface area (Å²) in [6.45, 7) is 5.95. The lowest BCUT2D eigenvalue weighted by Crippen LogP contribution is -2.30. The molecule has 0 spiro atoms. The quantitative estimate of drug-likeness (QED) is 0.618. The highest BCUT2D eigenvalue weighted by Crippen LogP contribution is 2.21. The fourth-order valence-electron chi connectivity index (χ4n) is 1.98. The molecule has 0 aliphatic heterocycles. The van der Waals surface area contributed by atoms with Gasteiger partial charge in [0.25, 0.3) is 0 Å². The van der Waals surface area contributed by atoms with Gasteiger partial charge in [0.1, 0.15) is 6.10 Å². The van der Waals surface area contributed by atoms with Gasteiger partial charge in [-0.3, -0.25) is 0 Å². The van der Waals surface area contributed by atoms with Gasteiger partial charge >= 0.3 is 6.16 Å². The maximum absolute atomic E-state index is 11.1. The smallest absolute Gasteiger partial charge is 0.438 e. The predicted molar refractivity (Wildman–Crippen MR) is 70.9 cm³/mol. The number of ether oxygens (including phenoxy) is 3. The van der Waals surface area contributed by atoms with Crippen LogP contribution in [-0.4, -0.2) is 42.3 Å². The average Bonchev–Trinajstić information content (AvgIpc) is 2.28. The van der Waals surface area contributed by atoms with Crippen molar-refractivity contribution in [1.82, 2.24) is 0 Å². The highest BCUT2D eigenvalue weighted by molar-refractivity contribution is 5.60. The standard InChI is InChI=1S/C14H24O5/c1-14(2,3)19-11-6-5-10(15)9-12(8-7-11)18-13(16)17-4/h7-8,10-12,15H,5-6,9H2,1-4H3/b8-7+. The first kappa shape index (κ1) is 16.0. The summed E-state index contributed by atoms with van der Waals surface area (Å²) < 4.78 is 15.4. The SMILES string of the molecule is COC(=O)OC1/C=C/C(OC(C)(C)C)CCC(O)C1. The summed E-state index contributed by atoms with van der Waals surface area (Å²) in [6, 6.07) is 0. The molecular formula is C14H24O5. The number of hydrogen-bond acceptors (Lipinski definition) is 5. The van der Waals surface area contributed by atoms with Crippen LogP contribution in [0.3, 0.4) is 0 Å². The Hall–Kier alpha value is -1.07. The predicted octanol–water partition coefficient (Wildman–Crippen LogP) is 2.42. The van der Waals surface area contributed by atoms with Crippen LogP contribution in [0.1, 0.15) is 40.0 Å². The van der Waals surface area contributed by atoms with E-state index in [1.165, 1.54) is 7.11 Å². The van der Waals surface area contributed by atoms with E-state index in [1.807, 2.05) is 26.8 Å². The molecule has 1 aliphatic carbocycles. The van der Waals surface area contributed by atoms with E-state index in [9.17, 15) is 9.90 Å². The summed E-state index contributed by atoms with van der Waals surface area (Å²) in [4.78, 5) is 11.1. The third-order valence-corrected chi connectivity index (χ3v) is 2.75. The molecule has 3 unspecified atom stereocenters. The van der Waals surface area contributed by atoms with Crippen LogP contribution in [0.15, 0.2) is 12.2 Å². The van der Waals surface area contributed by atoms with Gasteiger partial charge < -0.3 is 19.3 Å². The molecule has 1 rings (SSSR count). The molecule has 0 saturated carbocycles. The zero-order chi connectivity index (χ0) is 14.5. The van der Waals surface area contributed by atoms with Crippen molar-refractivity contribution in [3.63, 3.8) is 0 Å². The molecule has 3 atom stereocenters. The molecule has 5 heteroatoms. The summed E-state index contributed by atoms with van der Waals surface area (Å²) in [7, 11) is 1.26. The van der Waals surface area contributed by atoms with Crippen molar-refractivity contribution in [3.8, 4) is 0 Å². The van der Waals surface area contributed by atoms with Crippen molar-refractivity contribution < 1.29 is 24.1 Å². The van der Waals surface area contributed by atoms with Crippen molar-refractivity contribution in [3.05, 3.63) is 12.2 Å². The van der Waals surface area contributed by atoms with E-state index in [0.29, 0.717) is 12.8 Å². The Kier molecular flexibility index (Phi) is 5.82. The molecule has 1 N–H and O–H groups in total. The van der Waals surface area contributed by atoms with E-state index in [0.717, 1.165) is 6.42 Å². The Morgan fingerprint density at radius 3 is 2.42 bits per heavy atom. The molecule has 0 fully saturated rings. The van der Waals surface area contributed by atoms with Crippen LogP contribution in [0, 0.1) is 0 Å². The maximum atomic E-state index is 11.1. The zero-order valence-electron chi connectivity index (χ0n) is 12.1. The molecule has 0 aromatic rings. The molecule has 0 heterocycles.